The molecular weight excluding hydrogens is 306 g/mol. The molecule has 3 rings (SSSR count). The Morgan fingerprint density at radius 1 is 1.00 bits per heavy atom. The van der Waals surface area contributed by atoms with Crippen molar-refractivity contribution in [2.75, 3.05) is 26.4 Å². The van der Waals surface area contributed by atoms with Crippen molar-refractivity contribution in [1.29, 1.82) is 0 Å². The fourth-order valence-corrected chi connectivity index (χ4v) is 2.43. The fourth-order valence-electron chi connectivity index (χ4n) is 2.43. The van der Waals surface area contributed by atoms with Crippen molar-refractivity contribution in [2.45, 2.75) is 12.8 Å². The lowest BCUT2D eigenvalue weighted by atomic mass is 10.1. The molecule has 2 aromatic heterocycles. The Morgan fingerprint density at radius 2 is 1.96 bits per heavy atom. The van der Waals surface area contributed by atoms with E-state index >= 15 is 0 Å². The van der Waals surface area contributed by atoms with E-state index in [2.05, 4.69) is 20.4 Å². The van der Waals surface area contributed by atoms with Crippen LogP contribution in [0.25, 0.3) is 22.0 Å². The Balaban J connectivity index is 1.67. The molecule has 0 unspecified atom stereocenters. The first-order valence-electron chi connectivity index (χ1n) is 8.03. The third-order valence-electron chi connectivity index (χ3n) is 3.67. The molecule has 2 heterocycles. The van der Waals surface area contributed by atoms with Crippen LogP contribution >= 0.6 is 0 Å². The third kappa shape index (κ3) is 4.06. The van der Waals surface area contributed by atoms with Gasteiger partial charge in [-0.3, -0.25) is 5.10 Å². The van der Waals surface area contributed by atoms with Crippen LogP contribution in [0.15, 0.2) is 36.8 Å². The Hall–Kier alpha value is -2.51. The minimum Gasteiger partial charge on any atom is -0.490 e. The van der Waals surface area contributed by atoms with E-state index in [-0.39, 0.29) is 0 Å². The van der Waals surface area contributed by atoms with Crippen molar-refractivity contribution in [2.24, 2.45) is 5.73 Å². The van der Waals surface area contributed by atoms with Gasteiger partial charge in [0.15, 0.2) is 0 Å². The number of aromatic amines is 1. The van der Waals surface area contributed by atoms with E-state index in [0.29, 0.717) is 26.4 Å². The number of benzene rings is 1. The lowest BCUT2D eigenvalue weighted by Gasteiger charge is -2.10. The zero-order valence-corrected chi connectivity index (χ0v) is 13.4. The van der Waals surface area contributed by atoms with Crippen LogP contribution in [-0.2, 0) is 4.74 Å². The largest absolute Gasteiger partial charge is 0.490 e. The number of hydrogen-bond acceptors (Lipinski definition) is 6. The smallest absolute Gasteiger partial charge is 0.131 e. The normalized spacial score (nSPS) is 11.0. The van der Waals surface area contributed by atoms with Gasteiger partial charge in [0.1, 0.15) is 12.4 Å². The minimum absolute atomic E-state index is 0.487. The van der Waals surface area contributed by atoms with Gasteiger partial charge in [0, 0.05) is 12.2 Å². The molecule has 3 N–H and O–H groups in total. The number of nitrogens with two attached hydrogens (primary N) is 1. The summed E-state index contributed by atoms with van der Waals surface area (Å²) in [6, 6.07) is 5.92. The van der Waals surface area contributed by atoms with E-state index in [0.717, 1.165) is 40.6 Å². The lowest BCUT2D eigenvalue weighted by Crippen LogP contribution is -2.08. The second-order valence-corrected chi connectivity index (χ2v) is 5.39. The molecule has 0 saturated heterocycles. The zero-order chi connectivity index (χ0) is 16.6. The fraction of sp³-hybridized carbons (Fsp3) is 0.353. The number of nitrogens with one attached hydrogen (secondary N) is 1. The van der Waals surface area contributed by atoms with Gasteiger partial charge in [0.25, 0.3) is 0 Å². The molecular formula is C17H21N5O2. The van der Waals surface area contributed by atoms with E-state index in [4.69, 9.17) is 15.2 Å². The van der Waals surface area contributed by atoms with Crippen molar-refractivity contribution in [3.8, 4) is 16.9 Å². The third-order valence-corrected chi connectivity index (χ3v) is 3.67. The molecule has 0 aliphatic carbocycles. The molecule has 0 spiro atoms. The van der Waals surface area contributed by atoms with E-state index in [1.807, 2.05) is 18.2 Å². The standard InChI is InChI=1S/C17H21N5O2/c18-4-1-2-6-23-7-8-24-17-10-14(13-3-5-19-20-11-13)9-16-15(17)12-21-22-16/h3,5,9-12H,1-2,4,6-8,18H2,(H,21,22). The SMILES string of the molecule is NCCCCOCCOc1cc(-c2ccnnc2)cc2[nH]ncc12. The van der Waals surface area contributed by atoms with Gasteiger partial charge in [0.05, 0.1) is 36.1 Å². The summed E-state index contributed by atoms with van der Waals surface area (Å²) in [4.78, 5) is 0. The first kappa shape index (κ1) is 16.4. The maximum absolute atomic E-state index is 5.90. The second kappa shape index (κ2) is 8.37. The van der Waals surface area contributed by atoms with E-state index in [1.54, 1.807) is 18.6 Å². The molecule has 0 radical (unpaired) electrons. The van der Waals surface area contributed by atoms with Gasteiger partial charge in [-0.2, -0.15) is 15.3 Å². The molecule has 0 aliphatic heterocycles. The van der Waals surface area contributed by atoms with Crippen molar-refractivity contribution in [1.82, 2.24) is 20.4 Å². The monoisotopic (exact) mass is 327 g/mol. The van der Waals surface area contributed by atoms with Crippen LogP contribution in [0.2, 0.25) is 0 Å². The molecule has 0 bridgehead atoms. The Kier molecular flexibility index (Phi) is 5.70. The van der Waals surface area contributed by atoms with Crippen molar-refractivity contribution in [3.63, 3.8) is 0 Å². The molecule has 0 fully saturated rings. The van der Waals surface area contributed by atoms with Gasteiger partial charge in [-0.1, -0.05) is 0 Å². The van der Waals surface area contributed by atoms with Gasteiger partial charge in [-0.15, -0.1) is 0 Å². The highest BCUT2D eigenvalue weighted by Gasteiger charge is 2.09. The average Bonchev–Trinajstić information content (AvgIpc) is 3.10. The molecule has 126 valence electrons. The van der Waals surface area contributed by atoms with Crippen LogP contribution in [0.4, 0.5) is 0 Å². The number of unbranched alkanes of at least 4 members (excludes halogenated alkanes) is 1. The quantitative estimate of drug-likeness (QED) is 0.584. The lowest BCUT2D eigenvalue weighted by molar-refractivity contribution is 0.0982. The molecule has 0 aliphatic rings. The van der Waals surface area contributed by atoms with Crippen LogP contribution in [0.1, 0.15) is 12.8 Å². The summed E-state index contributed by atoms with van der Waals surface area (Å²) < 4.78 is 11.4. The number of nitrogens with zero attached hydrogens (tertiary/aromatic N) is 3. The molecule has 0 amide bonds. The number of H-pyrrole nitrogens is 1. The molecule has 24 heavy (non-hydrogen) atoms. The van der Waals surface area contributed by atoms with Crippen molar-refractivity contribution >= 4 is 10.9 Å². The van der Waals surface area contributed by atoms with Gasteiger partial charge in [0.2, 0.25) is 0 Å². The maximum atomic E-state index is 5.90. The van der Waals surface area contributed by atoms with Crippen LogP contribution < -0.4 is 10.5 Å². The van der Waals surface area contributed by atoms with E-state index in [9.17, 15) is 0 Å². The summed E-state index contributed by atoms with van der Waals surface area (Å²) in [5, 5.41) is 15.8. The number of fused-ring (bicyclic) bond motifs is 1. The molecule has 7 heteroatoms. The summed E-state index contributed by atoms with van der Waals surface area (Å²) in [5.74, 6) is 0.777. The van der Waals surface area contributed by atoms with Crippen LogP contribution in [0.3, 0.4) is 0 Å². The van der Waals surface area contributed by atoms with Crippen LogP contribution in [0.5, 0.6) is 5.75 Å². The number of hydrogen-bond donors (Lipinski definition) is 2. The summed E-state index contributed by atoms with van der Waals surface area (Å²) >= 11 is 0. The average molecular weight is 327 g/mol. The second-order valence-electron chi connectivity index (χ2n) is 5.39. The summed E-state index contributed by atoms with van der Waals surface area (Å²) in [5.41, 5.74) is 8.35. The van der Waals surface area contributed by atoms with Gasteiger partial charge in [-0.05, 0) is 43.1 Å². The zero-order valence-electron chi connectivity index (χ0n) is 13.4. The van der Waals surface area contributed by atoms with Crippen molar-refractivity contribution in [3.05, 3.63) is 36.8 Å². The minimum atomic E-state index is 0.487. The van der Waals surface area contributed by atoms with Crippen LogP contribution in [-0.4, -0.2) is 46.8 Å². The summed E-state index contributed by atoms with van der Waals surface area (Å²) in [6.45, 7) is 2.45. The molecule has 0 saturated carbocycles. The Morgan fingerprint density at radius 3 is 2.79 bits per heavy atom. The number of ether oxygens (including phenoxy) is 2. The van der Waals surface area contributed by atoms with Gasteiger partial charge < -0.3 is 15.2 Å². The maximum Gasteiger partial charge on any atom is 0.131 e. The number of aromatic nitrogens is 4. The molecule has 1 aromatic carbocycles. The first-order chi connectivity index (χ1) is 11.9. The summed E-state index contributed by atoms with van der Waals surface area (Å²) in [6.07, 6.45) is 7.12. The van der Waals surface area contributed by atoms with Crippen LogP contribution in [0, 0.1) is 0 Å². The summed E-state index contributed by atoms with van der Waals surface area (Å²) in [7, 11) is 0. The van der Waals surface area contributed by atoms with Crippen molar-refractivity contribution < 1.29 is 9.47 Å². The van der Waals surface area contributed by atoms with Gasteiger partial charge >= 0.3 is 0 Å². The predicted octanol–water partition coefficient (Wildman–Crippen LogP) is 2.15. The topological polar surface area (TPSA) is 98.9 Å². The molecule has 7 nitrogen and oxygen atoms in total. The van der Waals surface area contributed by atoms with E-state index < -0.39 is 0 Å². The van der Waals surface area contributed by atoms with Gasteiger partial charge in [-0.25, -0.2) is 0 Å². The highest BCUT2D eigenvalue weighted by molar-refractivity contribution is 5.89. The first-order valence-corrected chi connectivity index (χ1v) is 8.03. The molecule has 3 aromatic rings. The van der Waals surface area contributed by atoms with E-state index in [1.165, 1.54) is 0 Å². The Bertz CT molecular complexity index is 760. The number of rotatable bonds is 9. The predicted molar refractivity (Wildman–Crippen MR) is 91.7 cm³/mol. The Labute approximate surface area is 140 Å². The molecule has 0 atom stereocenters. The highest BCUT2D eigenvalue weighted by Crippen LogP contribution is 2.31. The highest BCUT2D eigenvalue weighted by atomic mass is 16.5.